The van der Waals surface area contributed by atoms with Crippen LogP contribution in [0.4, 0.5) is 5.69 Å². The van der Waals surface area contributed by atoms with Crippen molar-refractivity contribution in [2.24, 2.45) is 4.99 Å². The lowest BCUT2D eigenvalue weighted by molar-refractivity contribution is 0.733. The van der Waals surface area contributed by atoms with Gasteiger partial charge < -0.3 is 0 Å². The van der Waals surface area contributed by atoms with Crippen molar-refractivity contribution in [1.82, 2.24) is 9.97 Å². The van der Waals surface area contributed by atoms with E-state index in [1.165, 1.54) is 16.8 Å². The van der Waals surface area contributed by atoms with Crippen molar-refractivity contribution in [1.29, 1.82) is 0 Å². The number of hydrogen-bond donors (Lipinski definition) is 0. The van der Waals surface area contributed by atoms with Crippen LogP contribution in [0.1, 0.15) is 26.3 Å². The van der Waals surface area contributed by atoms with E-state index in [0.717, 1.165) is 22.6 Å². The Kier molecular flexibility index (Phi) is 3.31. The Morgan fingerprint density at radius 3 is 2.38 bits per heavy atom. The zero-order chi connectivity index (χ0) is 16.7. The van der Waals surface area contributed by atoms with Gasteiger partial charge in [0.15, 0.2) is 0 Å². The normalized spacial score (nSPS) is 15.0. The Hall–Kier alpha value is -2.81. The summed E-state index contributed by atoms with van der Waals surface area (Å²) in [5.74, 6) is 0. The van der Waals surface area contributed by atoms with E-state index in [1.807, 2.05) is 30.5 Å². The van der Waals surface area contributed by atoms with Crippen molar-refractivity contribution >= 4 is 11.4 Å². The monoisotopic (exact) mass is 313 g/mol. The first-order valence-electron chi connectivity index (χ1n) is 8.14. The smallest absolute Gasteiger partial charge is 0.0892 e. The summed E-state index contributed by atoms with van der Waals surface area (Å²) in [4.78, 5) is 13.6. The van der Waals surface area contributed by atoms with Gasteiger partial charge in [-0.1, -0.05) is 26.0 Å². The summed E-state index contributed by atoms with van der Waals surface area (Å²) in [6.07, 6.45) is 3.64. The number of aliphatic imine (C=N–C) groups is 1. The van der Waals surface area contributed by atoms with Gasteiger partial charge in [-0.15, -0.1) is 0 Å². The highest BCUT2D eigenvalue weighted by Gasteiger charge is 2.32. The molecule has 3 aromatic rings. The summed E-state index contributed by atoms with van der Waals surface area (Å²) >= 11 is 0. The molecule has 1 aliphatic rings. The van der Waals surface area contributed by atoms with Crippen LogP contribution < -0.4 is 0 Å². The fourth-order valence-corrected chi connectivity index (χ4v) is 3.09. The number of hydrogen-bond acceptors (Lipinski definition) is 3. The highest BCUT2D eigenvalue weighted by Crippen LogP contribution is 2.41. The molecule has 0 aliphatic carbocycles. The van der Waals surface area contributed by atoms with Crippen LogP contribution in [0, 0.1) is 0 Å². The molecule has 3 heterocycles. The Labute approximate surface area is 142 Å². The van der Waals surface area contributed by atoms with Gasteiger partial charge in [0, 0.05) is 23.5 Å². The van der Waals surface area contributed by atoms with Gasteiger partial charge in [-0.05, 0) is 60.0 Å². The van der Waals surface area contributed by atoms with Gasteiger partial charge in [0.1, 0.15) is 0 Å². The van der Waals surface area contributed by atoms with Gasteiger partial charge in [-0.2, -0.15) is 0 Å². The molecule has 2 aromatic heterocycles. The van der Waals surface area contributed by atoms with Crippen molar-refractivity contribution in [2.75, 3.05) is 0 Å². The van der Waals surface area contributed by atoms with Crippen LogP contribution in [0.15, 0.2) is 65.9 Å². The van der Waals surface area contributed by atoms with Gasteiger partial charge in [0.2, 0.25) is 0 Å². The van der Waals surface area contributed by atoms with Crippen LogP contribution in [0.3, 0.4) is 0 Å². The van der Waals surface area contributed by atoms with Crippen LogP contribution in [-0.2, 0) is 5.41 Å². The molecule has 0 saturated carbocycles. The summed E-state index contributed by atoms with van der Waals surface area (Å²) in [5, 5.41) is 0. The van der Waals surface area contributed by atoms with Crippen LogP contribution in [0.5, 0.6) is 0 Å². The summed E-state index contributed by atoms with van der Waals surface area (Å²) in [7, 11) is 0. The molecule has 0 bridgehead atoms. The second kappa shape index (κ2) is 5.38. The van der Waals surface area contributed by atoms with Crippen LogP contribution in [0.2, 0.25) is 0 Å². The van der Waals surface area contributed by atoms with Crippen LogP contribution in [0.25, 0.3) is 22.5 Å². The lowest BCUT2D eigenvalue weighted by Crippen LogP contribution is -2.22. The molecule has 0 N–H and O–H groups in total. The van der Waals surface area contributed by atoms with Crippen molar-refractivity contribution in [3.05, 3.63) is 66.5 Å². The molecule has 3 heteroatoms. The predicted molar refractivity (Wildman–Crippen MR) is 98.7 cm³/mol. The first-order chi connectivity index (χ1) is 11.6. The molecule has 0 atom stereocenters. The lowest BCUT2D eigenvalue weighted by atomic mass is 9.81. The first kappa shape index (κ1) is 14.8. The maximum absolute atomic E-state index is 4.70. The molecule has 1 aromatic carbocycles. The average Bonchev–Trinajstić information content (AvgIpc) is 2.85. The van der Waals surface area contributed by atoms with E-state index in [-0.39, 0.29) is 5.41 Å². The quantitative estimate of drug-likeness (QED) is 0.652. The number of fused-ring (bicyclic) bond motifs is 1. The molecule has 118 valence electrons. The Bertz CT molecular complexity index is 940. The molecule has 0 fully saturated rings. The topological polar surface area (TPSA) is 38.1 Å². The summed E-state index contributed by atoms with van der Waals surface area (Å²) in [5.41, 5.74) is 7.63. The van der Waals surface area contributed by atoms with Crippen molar-refractivity contribution in [3.8, 4) is 22.5 Å². The van der Waals surface area contributed by atoms with E-state index in [9.17, 15) is 0 Å². The van der Waals surface area contributed by atoms with E-state index in [2.05, 4.69) is 55.0 Å². The lowest BCUT2D eigenvalue weighted by Gasteiger charge is -2.20. The maximum atomic E-state index is 4.70. The summed E-state index contributed by atoms with van der Waals surface area (Å²) in [6.45, 7) is 6.56. The van der Waals surface area contributed by atoms with E-state index in [1.54, 1.807) is 6.20 Å². The predicted octanol–water partition coefficient (Wildman–Crippen LogP) is 5.19. The molecule has 4 rings (SSSR count). The Morgan fingerprint density at radius 1 is 0.792 bits per heavy atom. The average molecular weight is 313 g/mol. The third-order valence-electron chi connectivity index (χ3n) is 4.88. The molecule has 0 unspecified atom stereocenters. The minimum atomic E-state index is -0.0117. The largest absolute Gasteiger partial charge is 0.257 e. The minimum Gasteiger partial charge on any atom is -0.257 e. The van der Waals surface area contributed by atoms with Crippen LogP contribution >= 0.6 is 0 Å². The molecular weight excluding hydrogens is 294 g/mol. The van der Waals surface area contributed by atoms with Gasteiger partial charge in [-0.25, -0.2) is 0 Å². The minimum absolute atomic E-state index is 0.0117. The van der Waals surface area contributed by atoms with E-state index >= 15 is 0 Å². The molecule has 1 aliphatic heterocycles. The van der Waals surface area contributed by atoms with Gasteiger partial charge in [0.05, 0.1) is 17.1 Å². The zero-order valence-electron chi connectivity index (χ0n) is 14.1. The standard InChI is InChI=1S/C21H19N3/c1-14-21(2,3)17-12-15(7-8-18(17)24-14)16-9-11-23-20(13-16)19-6-4-5-10-22-19/h4-13H,1-3H3. The molecule has 0 amide bonds. The third-order valence-corrected chi connectivity index (χ3v) is 4.88. The fraction of sp³-hybridized carbons (Fsp3) is 0.190. The number of nitrogens with zero attached hydrogens (tertiary/aromatic N) is 3. The summed E-state index contributed by atoms with van der Waals surface area (Å²) < 4.78 is 0. The van der Waals surface area contributed by atoms with Crippen molar-refractivity contribution in [3.63, 3.8) is 0 Å². The van der Waals surface area contributed by atoms with Gasteiger partial charge >= 0.3 is 0 Å². The highest BCUT2D eigenvalue weighted by molar-refractivity contribution is 6.00. The second-order valence-electron chi connectivity index (χ2n) is 6.70. The van der Waals surface area contributed by atoms with E-state index in [4.69, 9.17) is 4.99 Å². The second-order valence-corrected chi connectivity index (χ2v) is 6.70. The molecule has 3 nitrogen and oxygen atoms in total. The van der Waals surface area contributed by atoms with E-state index in [0.29, 0.717) is 0 Å². The number of benzene rings is 1. The maximum Gasteiger partial charge on any atom is 0.0892 e. The Morgan fingerprint density at radius 2 is 1.58 bits per heavy atom. The SMILES string of the molecule is CC1=Nc2ccc(-c3ccnc(-c4ccccn4)c3)cc2C1(C)C. The van der Waals surface area contributed by atoms with Gasteiger partial charge in [-0.3, -0.25) is 15.0 Å². The molecule has 0 radical (unpaired) electrons. The highest BCUT2D eigenvalue weighted by atomic mass is 14.8. The Balaban J connectivity index is 1.78. The van der Waals surface area contributed by atoms with Gasteiger partial charge in [0.25, 0.3) is 0 Å². The fourth-order valence-electron chi connectivity index (χ4n) is 3.09. The number of aromatic nitrogens is 2. The van der Waals surface area contributed by atoms with Crippen molar-refractivity contribution < 1.29 is 0 Å². The van der Waals surface area contributed by atoms with Crippen molar-refractivity contribution in [2.45, 2.75) is 26.2 Å². The first-order valence-corrected chi connectivity index (χ1v) is 8.14. The molecule has 0 saturated heterocycles. The molecule has 0 spiro atoms. The zero-order valence-corrected chi connectivity index (χ0v) is 14.1. The van der Waals surface area contributed by atoms with Crippen LogP contribution in [-0.4, -0.2) is 15.7 Å². The number of pyridine rings is 2. The summed E-state index contributed by atoms with van der Waals surface area (Å²) in [6, 6.07) is 16.5. The number of rotatable bonds is 2. The third kappa shape index (κ3) is 2.33. The van der Waals surface area contributed by atoms with E-state index < -0.39 is 0 Å². The molecular formula is C21H19N3. The molecule has 24 heavy (non-hydrogen) atoms.